The minimum absolute atomic E-state index is 0.414. The molecule has 0 radical (unpaired) electrons. The van der Waals surface area contributed by atoms with Crippen LogP contribution in [0.1, 0.15) is 35.1 Å². The highest BCUT2D eigenvalue weighted by molar-refractivity contribution is 14.1. The van der Waals surface area contributed by atoms with Crippen molar-refractivity contribution in [3.63, 3.8) is 0 Å². The number of hydrogen-bond acceptors (Lipinski definition) is 1. The first-order valence-corrected chi connectivity index (χ1v) is 8.60. The van der Waals surface area contributed by atoms with Crippen LogP contribution >= 0.6 is 22.6 Å². The van der Waals surface area contributed by atoms with Crippen LogP contribution in [-0.4, -0.2) is 0 Å². The van der Waals surface area contributed by atoms with E-state index in [0.717, 1.165) is 0 Å². The van der Waals surface area contributed by atoms with Gasteiger partial charge in [-0.05, 0) is 70.7 Å². The maximum absolute atomic E-state index is 3.84. The molecule has 106 valence electrons. The van der Waals surface area contributed by atoms with Gasteiger partial charge in [0.1, 0.15) is 0 Å². The third-order valence-electron chi connectivity index (χ3n) is 4.79. The molecule has 2 aromatic carbocycles. The predicted octanol–water partition coefficient (Wildman–Crippen LogP) is 5.43. The predicted molar refractivity (Wildman–Crippen MR) is 96.7 cm³/mol. The van der Waals surface area contributed by atoms with Gasteiger partial charge in [-0.1, -0.05) is 42.5 Å². The Morgan fingerprint density at radius 3 is 2.76 bits per heavy atom. The first-order chi connectivity index (χ1) is 10.2. The fourth-order valence-electron chi connectivity index (χ4n) is 3.83. The molecule has 0 unspecified atom stereocenters. The summed E-state index contributed by atoms with van der Waals surface area (Å²) in [6.07, 6.45) is 5.94. The summed E-state index contributed by atoms with van der Waals surface area (Å²) in [5.41, 5.74) is 5.58. The maximum atomic E-state index is 3.84. The summed E-state index contributed by atoms with van der Waals surface area (Å²) in [6, 6.07) is 15.9. The van der Waals surface area contributed by atoms with Crippen molar-refractivity contribution in [2.75, 3.05) is 5.32 Å². The third-order valence-corrected chi connectivity index (χ3v) is 5.41. The molecule has 2 aromatic rings. The Hall–Kier alpha value is -1.29. The molecule has 3 atom stereocenters. The molecular weight excluding hydrogens is 369 g/mol. The van der Waals surface area contributed by atoms with E-state index in [9.17, 15) is 0 Å². The highest BCUT2D eigenvalue weighted by Crippen LogP contribution is 2.50. The number of anilines is 1. The Bertz CT molecular complexity index is 705. The number of halogens is 1. The maximum Gasteiger partial charge on any atom is 0.0554 e. The van der Waals surface area contributed by atoms with Crippen molar-refractivity contribution in [2.24, 2.45) is 5.92 Å². The molecule has 21 heavy (non-hydrogen) atoms. The zero-order valence-corrected chi connectivity index (χ0v) is 14.2. The average Bonchev–Trinajstić information content (AvgIpc) is 2.97. The van der Waals surface area contributed by atoms with Gasteiger partial charge in [0.25, 0.3) is 0 Å². The van der Waals surface area contributed by atoms with Crippen molar-refractivity contribution in [3.8, 4) is 0 Å². The lowest BCUT2D eigenvalue weighted by Gasteiger charge is -2.38. The number of fused-ring (bicyclic) bond motifs is 3. The summed E-state index contributed by atoms with van der Waals surface area (Å²) in [5, 5.41) is 3.84. The second-order valence-corrected chi connectivity index (χ2v) is 7.32. The molecule has 2 heteroatoms. The van der Waals surface area contributed by atoms with Gasteiger partial charge in [-0.25, -0.2) is 0 Å². The Morgan fingerprint density at radius 1 is 1.14 bits per heavy atom. The number of allylic oxidation sites excluding steroid dienone is 2. The average molecular weight is 387 g/mol. The number of nitrogens with one attached hydrogen (secondary N) is 1. The van der Waals surface area contributed by atoms with E-state index in [0.29, 0.717) is 17.9 Å². The molecule has 1 aliphatic carbocycles. The SMILES string of the molecule is Cc1cc(I)cc2c1N[C@@H](c1ccccc1)[C@H]1CC=C[C@H]21. The molecule has 0 fully saturated rings. The van der Waals surface area contributed by atoms with Gasteiger partial charge in [0.15, 0.2) is 0 Å². The minimum atomic E-state index is 0.414. The van der Waals surface area contributed by atoms with Crippen LogP contribution in [-0.2, 0) is 0 Å². The van der Waals surface area contributed by atoms with E-state index < -0.39 is 0 Å². The standard InChI is InChI=1S/C19H18IN/c1-12-10-14(20)11-17-15-8-5-9-16(15)19(21-18(12)17)13-6-3-2-4-7-13/h2-8,10-11,15-16,19,21H,9H2,1H3/t15-,16-,19-/m0/s1. The summed E-state index contributed by atoms with van der Waals surface area (Å²) in [4.78, 5) is 0. The van der Waals surface area contributed by atoms with E-state index in [1.807, 2.05) is 0 Å². The van der Waals surface area contributed by atoms with Crippen molar-refractivity contribution in [3.05, 3.63) is 74.9 Å². The van der Waals surface area contributed by atoms with Gasteiger partial charge >= 0.3 is 0 Å². The summed E-state index contributed by atoms with van der Waals surface area (Å²) in [7, 11) is 0. The lowest BCUT2D eigenvalue weighted by molar-refractivity contribution is 0.425. The molecule has 0 saturated carbocycles. The highest BCUT2D eigenvalue weighted by Gasteiger charge is 2.38. The molecule has 1 aliphatic heterocycles. The third kappa shape index (κ3) is 2.20. The molecule has 0 saturated heterocycles. The van der Waals surface area contributed by atoms with Crippen molar-refractivity contribution < 1.29 is 0 Å². The van der Waals surface area contributed by atoms with Crippen LogP contribution in [0.2, 0.25) is 0 Å². The number of benzene rings is 2. The van der Waals surface area contributed by atoms with Gasteiger partial charge in [0.05, 0.1) is 6.04 Å². The lowest BCUT2D eigenvalue weighted by Crippen LogP contribution is -2.29. The molecule has 0 bridgehead atoms. The Balaban J connectivity index is 1.84. The zero-order chi connectivity index (χ0) is 14.4. The summed E-state index contributed by atoms with van der Waals surface area (Å²) >= 11 is 2.43. The van der Waals surface area contributed by atoms with Crippen LogP contribution in [0.3, 0.4) is 0 Å². The van der Waals surface area contributed by atoms with Gasteiger partial charge in [0.2, 0.25) is 0 Å². The second-order valence-electron chi connectivity index (χ2n) is 6.07. The first-order valence-electron chi connectivity index (χ1n) is 7.52. The fraction of sp³-hybridized carbons (Fsp3) is 0.263. The van der Waals surface area contributed by atoms with Gasteiger partial charge in [-0.15, -0.1) is 0 Å². The second kappa shape index (κ2) is 5.16. The van der Waals surface area contributed by atoms with E-state index in [1.54, 1.807) is 0 Å². The molecule has 0 aromatic heterocycles. The van der Waals surface area contributed by atoms with Gasteiger partial charge < -0.3 is 5.32 Å². The van der Waals surface area contributed by atoms with E-state index >= 15 is 0 Å². The van der Waals surface area contributed by atoms with E-state index in [2.05, 4.69) is 89.4 Å². The molecule has 2 aliphatic rings. The molecule has 1 heterocycles. The monoisotopic (exact) mass is 387 g/mol. The normalized spacial score (nSPS) is 26.1. The first kappa shape index (κ1) is 13.4. The summed E-state index contributed by atoms with van der Waals surface area (Å²) in [6.45, 7) is 2.22. The molecule has 1 N–H and O–H groups in total. The van der Waals surface area contributed by atoms with Crippen LogP contribution in [0.15, 0.2) is 54.6 Å². The van der Waals surface area contributed by atoms with Crippen molar-refractivity contribution in [2.45, 2.75) is 25.3 Å². The number of rotatable bonds is 1. The minimum Gasteiger partial charge on any atom is -0.377 e. The topological polar surface area (TPSA) is 12.0 Å². The van der Waals surface area contributed by atoms with Gasteiger partial charge in [-0.2, -0.15) is 0 Å². The summed E-state index contributed by atoms with van der Waals surface area (Å²) < 4.78 is 1.34. The Kier molecular flexibility index (Phi) is 3.29. The van der Waals surface area contributed by atoms with Crippen molar-refractivity contribution in [1.82, 2.24) is 0 Å². The van der Waals surface area contributed by atoms with E-state index in [-0.39, 0.29) is 0 Å². The number of hydrogen-bond donors (Lipinski definition) is 1. The molecule has 4 rings (SSSR count). The summed E-state index contributed by atoms with van der Waals surface area (Å²) in [5.74, 6) is 1.19. The van der Waals surface area contributed by atoms with Crippen molar-refractivity contribution >= 4 is 28.3 Å². The Labute approximate surface area is 139 Å². The van der Waals surface area contributed by atoms with E-state index in [1.165, 1.54) is 32.4 Å². The van der Waals surface area contributed by atoms with Crippen molar-refractivity contribution in [1.29, 1.82) is 0 Å². The fourth-order valence-corrected chi connectivity index (χ4v) is 4.63. The van der Waals surface area contributed by atoms with Crippen LogP contribution in [0.5, 0.6) is 0 Å². The zero-order valence-electron chi connectivity index (χ0n) is 12.0. The van der Waals surface area contributed by atoms with Crippen LogP contribution in [0.25, 0.3) is 0 Å². The van der Waals surface area contributed by atoms with Crippen LogP contribution in [0.4, 0.5) is 5.69 Å². The van der Waals surface area contributed by atoms with Gasteiger partial charge in [-0.3, -0.25) is 0 Å². The highest BCUT2D eigenvalue weighted by atomic mass is 127. The quantitative estimate of drug-likeness (QED) is 0.509. The largest absolute Gasteiger partial charge is 0.377 e. The van der Waals surface area contributed by atoms with Gasteiger partial charge in [0, 0.05) is 15.2 Å². The molecule has 0 spiro atoms. The lowest BCUT2D eigenvalue weighted by atomic mass is 9.76. The van der Waals surface area contributed by atoms with Crippen LogP contribution < -0.4 is 5.32 Å². The molecule has 0 amide bonds. The van der Waals surface area contributed by atoms with Crippen LogP contribution in [0, 0.1) is 16.4 Å². The smallest absolute Gasteiger partial charge is 0.0554 e. The Morgan fingerprint density at radius 2 is 1.95 bits per heavy atom. The number of aryl methyl sites for hydroxylation is 1. The molecule has 1 nitrogen and oxygen atoms in total. The van der Waals surface area contributed by atoms with E-state index in [4.69, 9.17) is 0 Å². The molecular formula is C19H18IN.